The second-order valence-electron chi connectivity index (χ2n) is 2.87. The maximum absolute atomic E-state index is 2.24. The third-order valence-electron chi connectivity index (χ3n) is 0.881. The number of hydrogen-bond donors (Lipinski definition) is 0. The van der Waals surface area contributed by atoms with Crippen LogP contribution in [0.2, 0.25) is 0 Å². The van der Waals surface area contributed by atoms with Gasteiger partial charge in [0.25, 0.3) is 0 Å². The van der Waals surface area contributed by atoms with Gasteiger partial charge >= 0.3 is 0 Å². The van der Waals surface area contributed by atoms with Crippen molar-refractivity contribution in [1.29, 1.82) is 0 Å². The Kier molecular flexibility index (Phi) is 246. The summed E-state index contributed by atoms with van der Waals surface area (Å²) < 4.78 is 0. The molecule has 0 aliphatic carbocycles. The van der Waals surface area contributed by atoms with E-state index in [1.165, 1.54) is 0 Å². The fourth-order valence-electron chi connectivity index (χ4n) is 0.444. The molecule has 0 heterocycles. The SMILES string of the molecule is C.CC.CC.CC.CC.CC.CC(C)/C=C\C(C)C.[2HH].[B]. The molecule has 0 aromatic rings. The normalized spacial score (nSPS) is 6.40. The first-order chi connectivity index (χ1) is 8.63. The molecular formula is C19H52B. The summed E-state index contributed by atoms with van der Waals surface area (Å²) in [7, 11) is 0. The highest BCUT2D eigenvalue weighted by molar-refractivity contribution is 5.75. The molecule has 0 N–H and O–H groups in total. The van der Waals surface area contributed by atoms with E-state index in [1.807, 2.05) is 69.2 Å². The Labute approximate surface area is 138 Å². The summed E-state index contributed by atoms with van der Waals surface area (Å²) in [6.45, 7) is 28.8. The van der Waals surface area contributed by atoms with E-state index in [0.29, 0.717) is 11.8 Å². The van der Waals surface area contributed by atoms with Gasteiger partial charge in [-0.05, 0) is 11.8 Å². The first-order valence-electron chi connectivity index (χ1n) is 8.31. The fraction of sp³-hybridized carbons (Fsp3) is 0.895. The Morgan fingerprint density at radius 3 is 0.650 bits per heavy atom. The average Bonchev–Trinajstić information content (AvgIpc) is 2.47. The lowest BCUT2D eigenvalue weighted by atomic mass is 10.1. The molecule has 0 nitrogen and oxygen atoms in total. The van der Waals surface area contributed by atoms with Crippen LogP contribution in [0.5, 0.6) is 0 Å². The van der Waals surface area contributed by atoms with Gasteiger partial charge in [-0.1, -0.05) is 117 Å². The first kappa shape index (κ1) is 50.3. The van der Waals surface area contributed by atoms with Crippen molar-refractivity contribution in [1.82, 2.24) is 0 Å². The van der Waals surface area contributed by atoms with Crippen LogP contribution < -0.4 is 0 Å². The van der Waals surface area contributed by atoms with Crippen molar-refractivity contribution in [3.63, 3.8) is 0 Å². The molecule has 0 aliphatic rings. The van der Waals surface area contributed by atoms with Crippen molar-refractivity contribution >= 4 is 8.41 Å². The highest BCUT2D eigenvalue weighted by atomic mass is 13.9. The van der Waals surface area contributed by atoms with Crippen LogP contribution in [-0.4, -0.2) is 8.41 Å². The van der Waals surface area contributed by atoms with E-state index in [0.717, 1.165) is 0 Å². The maximum atomic E-state index is 2.24. The van der Waals surface area contributed by atoms with Gasteiger partial charge in [-0.15, -0.1) is 0 Å². The van der Waals surface area contributed by atoms with Gasteiger partial charge in [-0.3, -0.25) is 0 Å². The molecule has 0 rings (SSSR count). The quantitative estimate of drug-likeness (QED) is 0.353. The summed E-state index contributed by atoms with van der Waals surface area (Å²) in [5.41, 5.74) is 0. The Hall–Kier alpha value is -0.195. The van der Waals surface area contributed by atoms with Gasteiger partial charge in [0.1, 0.15) is 0 Å². The Balaban J connectivity index is -0.0000000137. The summed E-state index contributed by atoms with van der Waals surface area (Å²) in [5, 5.41) is 0. The van der Waals surface area contributed by atoms with Crippen LogP contribution in [0.4, 0.5) is 0 Å². The summed E-state index contributed by atoms with van der Waals surface area (Å²) in [6, 6.07) is 0. The molecule has 0 saturated carbocycles. The summed E-state index contributed by atoms with van der Waals surface area (Å²) in [5.74, 6) is 1.41. The summed E-state index contributed by atoms with van der Waals surface area (Å²) >= 11 is 0. The Bertz CT molecular complexity index is 69.6. The van der Waals surface area contributed by atoms with Crippen LogP contribution in [-0.2, 0) is 0 Å². The maximum Gasteiger partial charge on any atom is 0 e. The molecule has 0 atom stereocenters. The standard InChI is InChI=1S/C8H16.5C2H6.CH4.B.H2/c1-7(2)5-6-8(3)4;5*1-2;;;/h5-8H,1-4H3;5*1-2H3;1H4;;1H/b6-5-;;;;;;;;/i;;;;;;;;1+1. The van der Waals surface area contributed by atoms with Crippen LogP contribution in [0.1, 0.15) is 106 Å². The molecule has 0 amide bonds. The van der Waals surface area contributed by atoms with Gasteiger partial charge < -0.3 is 0 Å². The first-order valence-corrected chi connectivity index (χ1v) is 8.31. The molecule has 0 aromatic heterocycles. The zero-order valence-electron chi connectivity index (χ0n) is 16.9. The molecule has 0 fully saturated rings. The van der Waals surface area contributed by atoms with Gasteiger partial charge in [0, 0.05) is 9.84 Å². The molecule has 0 spiro atoms. The Morgan fingerprint density at radius 1 is 0.500 bits per heavy atom. The zero-order valence-corrected chi connectivity index (χ0v) is 16.9. The van der Waals surface area contributed by atoms with Crippen LogP contribution in [0.3, 0.4) is 0 Å². The fourth-order valence-corrected chi connectivity index (χ4v) is 0.444. The lowest BCUT2D eigenvalue weighted by Gasteiger charge is -1.95. The predicted octanol–water partition coefficient (Wildman–Crippen LogP) is 8.49. The second kappa shape index (κ2) is 97.9. The number of hydrogen-bond acceptors (Lipinski definition) is 0. The van der Waals surface area contributed by atoms with Gasteiger partial charge in [0.15, 0.2) is 0 Å². The molecule has 0 bridgehead atoms. The van der Waals surface area contributed by atoms with E-state index in [2.05, 4.69) is 39.8 Å². The number of rotatable bonds is 2. The van der Waals surface area contributed by atoms with Crippen molar-refractivity contribution in [3.8, 4) is 0 Å². The number of allylic oxidation sites excluding steroid dienone is 2. The molecular weight excluding hydrogens is 239 g/mol. The van der Waals surface area contributed by atoms with E-state index < -0.39 is 0 Å². The molecule has 3 radical (unpaired) electrons. The van der Waals surface area contributed by atoms with Crippen LogP contribution in [0.15, 0.2) is 12.2 Å². The van der Waals surface area contributed by atoms with Crippen molar-refractivity contribution in [2.24, 2.45) is 11.8 Å². The monoisotopic (exact) mass is 292 g/mol. The van der Waals surface area contributed by atoms with E-state index in [-0.39, 0.29) is 17.3 Å². The average molecular weight is 292 g/mol. The molecule has 0 unspecified atom stereocenters. The third kappa shape index (κ3) is 218. The van der Waals surface area contributed by atoms with Crippen molar-refractivity contribution < 1.29 is 1.43 Å². The van der Waals surface area contributed by atoms with Crippen molar-refractivity contribution in [2.75, 3.05) is 0 Å². The summed E-state index contributed by atoms with van der Waals surface area (Å²) in [4.78, 5) is 0. The van der Waals surface area contributed by atoms with Gasteiger partial charge in [0.05, 0.1) is 0 Å². The minimum Gasteiger partial charge on any atom is -0.0857 e. The van der Waals surface area contributed by atoms with Crippen molar-refractivity contribution in [3.05, 3.63) is 12.2 Å². The highest BCUT2D eigenvalue weighted by Gasteiger charge is 1.85. The van der Waals surface area contributed by atoms with Crippen LogP contribution in [0.25, 0.3) is 0 Å². The lowest BCUT2D eigenvalue weighted by molar-refractivity contribution is 0.780. The summed E-state index contributed by atoms with van der Waals surface area (Å²) in [6.07, 6.45) is 4.48. The molecule has 131 valence electrons. The molecule has 0 saturated heterocycles. The van der Waals surface area contributed by atoms with E-state index in [4.69, 9.17) is 0 Å². The van der Waals surface area contributed by atoms with Gasteiger partial charge in [-0.2, -0.15) is 0 Å². The van der Waals surface area contributed by atoms with E-state index in [9.17, 15) is 0 Å². The minimum atomic E-state index is 0. The van der Waals surface area contributed by atoms with Gasteiger partial charge in [0.2, 0.25) is 0 Å². The predicted molar refractivity (Wildman–Crippen MR) is 110 cm³/mol. The Morgan fingerprint density at radius 2 is 0.600 bits per heavy atom. The topological polar surface area (TPSA) is 0 Å². The van der Waals surface area contributed by atoms with E-state index in [1.54, 1.807) is 0 Å². The van der Waals surface area contributed by atoms with E-state index >= 15 is 0 Å². The lowest BCUT2D eigenvalue weighted by Crippen LogP contribution is -1.81. The minimum absolute atomic E-state index is 0. The second-order valence-corrected chi connectivity index (χ2v) is 2.87. The highest BCUT2D eigenvalue weighted by Crippen LogP contribution is 1.99. The zero-order chi connectivity index (χ0) is 16.6. The van der Waals surface area contributed by atoms with Crippen LogP contribution >= 0.6 is 0 Å². The largest absolute Gasteiger partial charge is 0.0857 e. The van der Waals surface area contributed by atoms with Crippen molar-refractivity contribution in [2.45, 2.75) is 104 Å². The smallest absolute Gasteiger partial charge is 0 e. The van der Waals surface area contributed by atoms with Gasteiger partial charge in [-0.25, -0.2) is 0 Å². The molecule has 0 aromatic carbocycles. The molecule has 20 heavy (non-hydrogen) atoms. The van der Waals surface area contributed by atoms with Crippen LogP contribution in [0, 0.1) is 11.8 Å². The molecule has 0 aliphatic heterocycles. The molecule has 1 heteroatoms. The third-order valence-corrected chi connectivity index (χ3v) is 0.881.